The van der Waals surface area contributed by atoms with Gasteiger partial charge in [-0.15, -0.1) is 12.4 Å². The van der Waals surface area contributed by atoms with E-state index in [1.54, 1.807) is 12.1 Å². The average Bonchev–Trinajstić information content (AvgIpc) is 2.61. The van der Waals surface area contributed by atoms with E-state index in [0.29, 0.717) is 37.0 Å². The first kappa shape index (κ1) is 21.7. The van der Waals surface area contributed by atoms with Crippen LogP contribution in [0, 0.1) is 0 Å². The maximum atomic E-state index is 13.1. The highest BCUT2D eigenvalue weighted by Crippen LogP contribution is 2.31. The Morgan fingerprint density at radius 3 is 2.88 bits per heavy atom. The maximum absolute atomic E-state index is 13.1. The van der Waals surface area contributed by atoms with E-state index in [4.69, 9.17) is 21.1 Å². The number of sulfonamides is 1. The van der Waals surface area contributed by atoms with E-state index >= 15 is 0 Å². The van der Waals surface area contributed by atoms with Gasteiger partial charge in [-0.3, -0.25) is 0 Å². The largest absolute Gasteiger partial charge is 0.489 e. The van der Waals surface area contributed by atoms with Gasteiger partial charge in [-0.1, -0.05) is 11.6 Å². The SMILES string of the molecule is CC1CN(S(=O)(=O)c2cc(Cl)ccc2OCC2CCCCO2)CCN1.Cl. The Bertz CT molecular complexity index is 696. The Morgan fingerprint density at radius 2 is 2.19 bits per heavy atom. The summed E-state index contributed by atoms with van der Waals surface area (Å²) >= 11 is 6.06. The number of halogens is 2. The lowest BCUT2D eigenvalue weighted by Gasteiger charge is -2.31. The van der Waals surface area contributed by atoms with Crippen LogP contribution in [0.25, 0.3) is 0 Å². The third-order valence-corrected chi connectivity index (χ3v) is 6.68. The van der Waals surface area contributed by atoms with Crippen molar-refractivity contribution in [3.8, 4) is 5.75 Å². The van der Waals surface area contributed by atoms with Gasteiger partial charge in [0.2, 0.25) is 10.0 Å². The summed E-state index contributed by atoms with van der Waals surface area (Å²) in [5, 5.41) is 3.63. The van der Waals surface area contributed by atoms with Gasteiger partial charge in [0.25, 0.3) is 0 Å². The lowest BCUT2D eigenvalue weighted by molar-refractivity contribution is -0.0116. The standard InChI is InChI=1S/C17H25ClN2O4S.ClH/c1-13-11-20(8-7-19-13)25(21,22)17-10-14(18)5-6-16(17)24-12-15-4-2-3-9-23-15;/h5-6,10,13,15,19H,2-4,7-9,11-12H2,1H3;1H. The van der Waals surface area contributed by atoms with Crippen LogP contribution in [0.3, 0.4) is 0 Å². The van der Waals surface area contributed by atoms with Gasteiger partial charge in [0.1, 0.15) is 17.3 Å². The van der Waals surface area contributed by atoms with E-state index in [-0.39, 0.29) is 29.4 Å². The zero-order valence-corrected chi connectivity index (χ0v) is 17.2. The minimum atomic E-state index is -3.66. The normalized spacial score (nSPS) is 24.7. The van der Waals surface area contributed by atoms with Crippen molar-refractivity contribution in [2.75, 3.05) is 32.8 Å². The van der Waals surface area contributed by atoms with Crippen LogP contribution >= 0.6 is 24.0 Å². The summed E-state index contributed by atoms with van der Waals surface area (Å²) in [6.07, 6.45) is 3.13. The molecule has 0 radical (unpaired) electrons. The van der Waals surface area contributed by atoms with Gasteiger partial charge < -0.3 is 14.8 Å². The lowest BCUT2D eigenvalue weighted by Crippen LogP contribution is -2.51. The van der Waals surface area contributed by atoms with Gasteiger partial charge >= 0.3 is 0 Å². The third-order valence-electron chi connectivity index (χ3n) is 4.55. The predicted octanol–water partition coefficient (Wildman–Crippen LogP) is 2.69. The molecule has 0 saturated carbocycles. The fourth-order valence-electron chi connectivity index (χ4n) is 3.18. The molecule has 2 aliphatic heterocycles. The molecule has 0 aliphatic carbocycles. The third kappa shape index (κ3) is 5.24. The Morgan fingerprint density at radius 1 is 1.38 bits per heavy atom. The molecule has 0 aromatic heterocycles. The molecular formula is C17H26Cl2N2O4S. The highest BCUT2D eigenvalue weighted by Gasteiger charge is 2.31. The highest BCUT2D eigenvalue weighted by atomic mass is 35.5. The second-order valence-corrected chi connectivity index (χ2v) is 8.95. The van der Waals surface area contributed by atoms with E-state index in [1.807, 2.05) is 6.92 Å². The summed E-state index contributed by atoms with van der Waals surface area (Å²) < 4.78 is 39.2. The minimum Gasteiger partial charge on any atom is -0.489 e. The molecule has 6 nitrogen and oxygen atoms in total. The van der Waals surface area contributed by atoms with Crippen molar-refractivity contribution in [2.24, 2.45) is 0 Å². The first-order valence-corrected chi connectivity index (χ1v) is 10.6. The van der Waals surface area contributed by atoms with Gasteiger partial charge in [0, 0.05) is 37.3 Å². The van der Waals surface area contributed by atoms with Gasteiger partial charge in [0.15, 0.2) is 0 Å². The Kier molecular flexibility index (Phi) is 8.00. The molecule has 1 aromatic carbocycles. The molecule has 1 N–H and O–H groups in total. The second kappa shape index (κ2) is 9.57. The molecule has 1 aromatic rings. The topological polar surface area (TPSA) is 67.9 Å². The highest BCUT2D eigenvalue weighted by molar-refractivity contribution is 7.89. The molecule has 2 heterocycles. The van der Waals surface area contributed by atoms with Crippen molar-refractivity contribution in [1.29, 1.82) is 0 Å². The molecule has 148 valence electrons. The van der Waals surface area contributed by atoms with Crippen LogP contribution in [0.2, 0.25) is 5.02 Å². The Balaban J connectivity index is 0.00000243. The molecule has 3 rings (SSSR count). The summed E-state index contributed by atoms with van der Waals surface area (Å²) in [6, 6.07) is 4.87. The number of nitrogens with one attached hydrogen (secondary N) is 1. The number of hydrogen-bond donors (Lipinski definition) is 1. The van der Waals surface area contributed by atoms with Crippen LogP contribution in [-0.4, -0.2) is 57.7 Å². The van der Waals surface area contributed by atoms with Crippen molar-refractivity contribution in [2.45, 2.75) is 43.2 Å². The van der Waals surface area contributed by atoms with Crippen molar-refractivity contribution in [1.82, 2.24) is 9.62 Å². The maximum Gasteiger partial charge on any atom is 0.246 e. The molecule has 2 aliphatic rings. The Hall–Kier alpha value is -0.570. The number of benzene rings is 1. The second-order valence-electron chi connectivity index (χ2n) is 6.61. The predicted molar refractivity (Wildman–Crippen MR) is 104 cm³/mol. The fraction of sp³-hybridized carbons (Fsp3) is 0.647. The number of hydrogen-bond acceptors (Lipinski definition) is 5. The summed E-state index contributed by atoms with van der Waals surface area (Å²) in [7, 11) is -3.66. The van der Waals surface area contributed by atoms with Crippen LogP contribution in [-0.2, 0) is 14.8 Å². The van der Waals surface area contributed by atoms with Crippen LogP contribution in [0.15, 0.2) is 23.1 Å². The Labute approximate surface area is 166 Å². The molecule has 26 heavy (non-hydrogen) atoms. The van der Waals surface area contributed by atoms with E-state index in [1.165, 1.54) is 10.4 Å². The monoisotopic (exact) mass is 424 g/mol. The number of nitrogens with zero attached hydrogens (tertiary/aromatic N) is 1. The molecule has 2 fully saturated rings. The van der Waals surface area contributed by atoms with Crippen LogP contribution < -0.4 is 10.1 Å². The smallest absolute Gasteiger partial charge is 0.246 e. The van der Waals surface area contributed by atoms with Crippen LogP contribution in [0.4, 0.5) is 0 Å². The lowest BCUT2D eigenvalue weighted by atomic mass is 10.1. The van der Waals surface area contributed by atoms with Crippen LogP contribution in [0.5, 0.6) is 5.75 Å². The number of ether oxygens (including phenoxy) is 2. The minimum absolute atomic E-state index is 0. The molecule has 0 amide bonds. The number of rotatable bonds is 5. The first-order valence-electron chi connectivity index (χ1n) is 8.74. The molecule has 2 atom stereocenters. The van der Waals surface area contributed by atoms with E-state index in [2.05, 4.69) is 5.32 Å². The summed E-state index contributed by atoms with van der Waals surface area (Å²) in [4.78, 5) is 0.130. The fourth-order valence-corrected chi connectivity index (χ4v) is 5.10. The molecule has 0 bridgehead atoms. The van der Waals surface area contributed by atoms with E-state index < -0.39 is 10.0 Å². The molecule has 2 unspecified atom stereocenters. The van der Waals surface area contributed by atoms with Crippen LogP contribution in [0.1, 0.15) is 26.2 Å². The van der Waals surface area contributed by atoms with Gasteiger partial charge in [-0.05, 0) is 44.4 Å². The summed E-state index contributed by atoms with van der Waals surface area (Å²) in [5.74, 6) is 0.338. The average molecular weight is 425 g/mol. The molecule has 2 saturated heterocycles. The zero-order chi connectivity index (χ0) is 17.9. The number of piperazine rings is 1. The van der Waals surface area contributed by atoms with Crippen molar-refractivity contribution < 1.29 is 17.9 Å². The molecule has 9 heteroatoms. The first-order chi connectivity index (χ1) is 12.0. The van der Waals surface area contributed by atoms with Crippen molar-refractivity contribution in [3.63, 3.8) is 0 Å². The van der Waals surface area contributed by atoms with Crippen molar-refractivity contribution in [3.05, 3.63) is 23.2 Å². The zero-order valence-electron chi connectivity index (χ0n) is 14.8. The van der Waals surface area contributed by atoms with Gasteiger partial charge in [-0.25, -0.2) is 8.42 Å². The van der Waals surface area contributed by atoms with Gasteiger partial charge in [0.05, 0.1) is 6.10 Å². The van der Waals surface area contributed by atoms with E-state index in [9.17, 15) is 8.42 Å². The van der Waals surface area contributed by atoms with Crippen molar-refractivity contribution >= 4 is 34.0 Å². The summed E-state index contributed by atoms with van der Waals surface area (Å²) in [5.41, 5.74) is 0. The summed E-state index contributed by atoms with van der Waals surface area (Å²) in [6.45, 7) is 4.55. The molecule has 0 spiro atoms. The van der Waals surface area contributed by atoms with Gasteiger partial charge in [-0.2, -0.15) is 4.31 Å². The molecular weight excluding hydrogens is 399 g/mol. The van der Waals surface area contributed by atoms with E-state index in [0.717, 1.165) is 25.9 Å². The quantitative estimate of drug-likeness (QED) is 0.786.